The van der Waals surface area contributed by atoms with Gasteiger partial charge in [0.2, 0.25) is 0 Å². The molecule has 0 aromatic rings. The van der Waals surface area contributed by atoms with Crippen molar-refractivity contribution in [2.45, 2.75) is 0 Å². The summed E-state index contributed by atoms with van der Waals surface area (Å²) in [6.07, 6.45) is 2.95. The fourth-order valence-corrected chi connectivity index (χ4v) is 1.57. The number of rotatable bonds is 6. The predicted octanol–water partition coefficient (Wildman–Crippen LogP) is 0.156. The van der Waals surface area contributed by atoms with E-state index in [-0.39, 0.29) is 6.29 Å². The van der Waals surface area contributed by atoms with Gasteiger partial charge in [-0.2, -0.15) is 0 Å². The second-order valence-electron chi connectivity index (χ2n) is 2.70. The molecule has 0 saturated heterocycles. The van der Waals surface area contributed by atoms with Crippen LogP contribution in [0.2, 0.25) is 0 Å². The summed E-state index contributed by atoms with van der Waals surface area (Å²) in [5, 5.41) is 0. The molecule has 0 heterocycles. The van der Waals surface area contributed by atoms with E-state index in [1.807, 2.05) is 0 Å². The molecule has 0 fully saturated rings. The van der Waals surface area contributed by atoms with E-state index < -0.39 is 15.9 Å². The third-order valence-corrected chi connectivity index (χ3v) is 1.93. The van der Waals surface area contributed by atoms with Crippen molar-refractivity contribution < 1.29 is 28.7 Å². The molecule has 16 heavy (non-hydrogen) atoms. The molecule has 4 N–H and O–H groups in total. The van der Waals surface area contributed by atoms with Gasteiger partial charge in [0.25, 0.3) is 0 Å². The quantitative estimate of drug-likeness (QED) is 0.402. The minimum absolute atomic E-state index is 0.245. The van der Waals surface area contributed by atoms with E-state index in [0.717, 1.165) is 0 Å². The van der Waals surface area contributed by atoms with Gasteiger partial charge in [-0.1, -0.05) is 12.2 Å². The second-order valence-corrected chi connectivity index (χ2v) is 4.88. The van der Waals surface area contributed by atoms with Gasteiger partial charge in [0.1, 0.15) is 6.29 Å². The fourth-order valence-electron chi connectivity index (χ4n) is 0.816. The highest BCUT2D eigenvalue weighted by molar-refractivity contribution is 7.51. The monoisotopic (exact) mass is 273 g/mol. The first kappa shape index (κ1) is 18.1. The van der Waals surface area contributed by atoms with E-state index in [9.17, 15) is 4.57 Å². The maximum atomic E-state index is 10.6. The van der Waals surface area contributed by atoms with E-state index in [1.165, 1.54) is 0 Å². The Morgan fingerprint density at radius 3 is 1.69 bits per heavy atom. The molecule has 0 aliphatic rings. The highest BCUT2D eigenvalue weighted by atomic mass is 31.2. The van der Waals surface area contributed by atoms with Crippen LogP contribution in [0.15, 0.2) is 25.3 Å². The zero-order valence-electron chi connectivity index (χ0n) is 8.69. The number of hydrogen-bond acceptors (Lipinski definition) is 3. The Kier molecular flexibility index (Phi) is 11.2. The molecule has 0 atom stereocenters. The summed E-state index contributed by atoms with van der Waals surface area (Å²) in [6, 6.07) is 0. The minimum atomic E-state index is -3.95. The Morgan fingerprint density at radius 1 is 1.19 bits per heavy atom. The number of hydrogen-bond donors (Lipinski definition) is 4. The molecule has 0 amide bonds. The normalized spacial score (nSPS) is 10.9. The Balaban J connectivity index is 0. The highest BCUT2D eigenvalue weighted by Crippen LogP contribution is 2.34. The maximum absolute atomic E-state index is 10.6. The zero-order valence-corrected chi connectivity index (χ0v) is 10.6. The molecular formula is C7H17NO6P2. The SMILES string of the molecule is C=CCN(CC=C)CP(=O)(O)O.O=[PH](O)O. The van der Waals surface area contributed by atoms with Crippen LogP contribution in [0.5, 0.6) is 0 Å². The van der Waals surface area contributed by atoms with Crippen molar-refractivity contribution in [2.75, 3.05) is 19.4 Å². The molecule has 0 bridgehead atoms. The van der Waals surface area contributed by atoms with Crippen LogP contribution in [-0.4, -0.2) is 43.8 Å². The van der Waals surface area contributed by atoms with Crippen LogP contribution >= 0.6 is 15.9 Å². The smallest absolute Gasteiger partial charge is 0.326 e. The highest BCUT2D eigenvalue weighted by Gasteiger charge is 2.16. The second kappa shape index (κ2) is 9.93. The summed E-state index contributed by atoms with van der Waals surface area (Å²) in [4.78, 5) is 33.2. The standard InChI is InChI=1S/C7H14NO3P.H3O3P/c1-3-5-8(6-4-2)7-12(9,10)11;1-4(2)3/h3-4H,1-2,5-7H2,(H2,9,10,11);4H,(H2,1,2,3). The molecule has 0 aromatic carbocycles. The minimum Gasteiger partial charge on any atom is -0.326 e. The lowest BCUT2D eigenvalue weighted by atomic mass is 10.5. The van der Waals surface area contributed by atoms with E-state index in [0.29, 0.717) is 13.1 Å². The Morgan fingerprint density at radius 2 is 1.50 bits per heavy atom. The van der Waals surface area contributed by atoms with Crippen molar-refractivity contribution in [2.24, 2.45) is 0 Å². The number of nitrogens with zero attached hydrogens (tertiary/aromatic N) is 1. The molecule has 0 aliphatic heterocycles. The van der Waals surface area contributed by atoms with Crippen LogP contribution < -0.4 is 0 Å². The third kappa shape index (κ3) is 19.3. The summed E-state index contributed by atoms with van der Waals surface area (Å²) >= 11 is 0. The zero-order chi connectivity index (χ0) is 13.2. The van der Waals surface area contributed by atoms with Gasteiger partial charge in [-0.15, -0.1) is 13.2 Å². The van der Waals surface area contributed by atoms with Crippen LogP contribution in [0.25, 0.3) is 0 Å². The van der Waals surface area contributed by atoms with Crippen LogP contribution in [0.3, 0.4) is 0 Å². The molecule has 0 unspecified atom stereocenters. The summed E-state index contributed by atoms with van der Waals surface area (Å²) < 4.78 is 19.3. The molecule has 96 valence electrons. The van der Waals surface area contributed by atoms with Crippen LogP contribution in [0.4, 0.5) is 0 Å². The van der Waals surface area contributed by atoms with Gasteiger partial charge in [-0.3, -0.25) is 14.0 Å². The predicted molar refractivity (Wildman–Crippen MR) is 62.3 cm³/mol. The van der Waals surface area contributed by atoms with Crippen molar-refractivity contribution in [3.8, 4) is 0 Å². The first-order valence-electron chi connectivity index (χ1n) is 4.13. The molecular weight excluding hydrogens is 256 g/mol. The lowest BCUT2D eigenvalue weighted by Crippen LogP contribution is -2.24. The van der Waals surface area contributed by atoms with Crippen LogP contribution in [0.1, 0.15) is 0 Å². The van der Waals surface area contributed by atoms with Crippen LogP contribution in [0, 0.1) is 0 Å². The first-order chi connectivity index (χ1) is 7.22. The molecule has 9 heteroatoms. The molecule has 7 nitrogen and oxygen atoms in total. The van der Waals surface area contributed by atoms with Gasteiger partial charge < -0.3 is 19.6 Å². The fraction of sp³-hybridized carbons (Fsp3) is 0.429. The van der Waals surface area contributed by atoms with Crippen molar-refractivity contribution in [3.05, 3.63) is 25.3 Å². The first-order valence-corrected chi connectivity index (χ1v) is 7.23. The molecule has 0 aliphatic carbocycles. The summed E-state index contributed by atoms with van der Waals surface area (Å²) in [5.41, 5.74) is 0. The van der Waals surface area contributed by atoms with Crippen molar-refractivity contribution in [3.63, 3.8) is 0 Å². The molecule has 0 rings (SSSR count). The largest absolute Gasteiger partial charge is 0.339 e. The van der Waals surface area contributed by atoms with Crippen molar-refractivity contribution in [1.82, 2.24) is 4.90 Å². The lowest BCUT2D eigenvalue weighted by Gasteiger charge is -2.18. The van der Waals surface area contributed by atoms with Crippen molar-refractivity contribution in [1.29, 1.82) is 0 Å². The molecule has 0 saturated carbocycles. The molecule has 0 spiro atoms. The van der Waals surface area contributed by atoms with Gasteiger partial charge in [0.05, 0.1) is 0 Å². The third-order valence-electron chi connectivity index (χ3n) is 1.16. The van der Waals surface area contributed by atoms with Crippen LogP contribution in [-0.2, 0) is 9.13 Å². The van der Waals surface area contributed by atoms with Gasteiger partial charge in [0.15, 0.2) is 0 Å². The summed E-state index contributed by atoms with van der Waals surface area (Å²) in [5.74, 6) is 0. The Hall–Kier alpha value is -0.260. The van der Waals surface area contributed by atoms with E-state index in [2.05, 4.69) is 13.2 Å². The van der Waals surface area contributed by atoms with Gasteiger partial charge in [-0.05, 0) is 0 Å². The average molecular weight is 273 g/mol. The molecule has 0 radical (unpaired) electrons. The maximum Gasteiger partial charge on any atom is 0.339 e. The average Bonchev–Trinajstić information content (AvgIpc) is 2.00. The van der Waals surface area contributed by atoms with Gasteiger partial charge >= 0.3 is 15.9 Å². The van der Waals surface area contributed by atoms with Crippen molar-refractivity contribution >= 4 is 15.9 Å². The summed E-state index contributed by atoms with van der Waals surface area (Å²) in [6.45, 7) is 7.88. The molecule has 0 aromatic heterocycles. The van der Waals surface area contributed by atoms with E-state index in [4.69, 9.17) is 24.1 Å². The van der Waals surface area contributed by atoms with Gasteiger partial charge in [-0.25, -0.2) is 0 Å². The Labute approximate surface area is 94.8 Å². The van der Waals surface area contributed by atoms with Gasteiger partial charge in [0, 0.05) is 13.1 Å². The topological polar surface area (TPSA) is 118 Å². The van der Waals surface area contributed by atoms with E-state index in [1.54, 1.807) is 17.1 Å². The Bertz CT molecular complexity index is 262. The lowest BCUT2D eigenvalue weighted by molar-refractivity contribution is 0.313. The summed E-state index contributed by atoms with van der Waals surface area (Å²) in [7, 11) is -7.08. The van der Waals surface area contributed by atoms with E-state index >= 15 is 0 Å².